The van der Waals surface area contributed by atoms with Crippen LogP contribution in [0.2, 0.25) is 0 Å². The van der Waals surface area contributed by atoms with Crippen molar-refractivity contribution in [3.63, 3.8) is 0 Å². The molecule has 14 heteroatoms. The smallest absolute Gasteiger partial charge is 0.408 e. The summed E-state index contributed by atoms with van der Waals surface area (Å²) >= 11 is 0. The summed E-state index contributed by atoms with van der Waals surface area (Å²) in [5.41, 5.74) is 7.71. The molecule has 0 aliphatic carbocycles. The lowest BCUT2D eigenvalue weighted by molar-refractivity contribution is -0.136. The fourth-order valence-electron chi connectivity index (χ4n) is 6.00. The van der Waals surface area contributed by atoms with Crippen molar-refractivity contribution in [1.29, 1.82) is 0 Å². The highest BCUT2D eigenvalue weighted by Crippen LogP contribution is 2.15. The molecular weight excluding hydrogens is 730 g/mol. The van der Waals surface area contributed by atoms with E-state index in [-0.39, 0.29) is 62.6 Å². The molecule has 0 saturated heterocycles. The molecule has 2 rings (SSSR count). The Bertz CT molecular complexity index is 1620. The predicted octanol–water partition coefficient (Wildman–Crippen LogP) is 5.16. The van der Waals surface area contributed by atoms with E-state index < -0.39 is 78.0 Å². The van der Waals surface area contributed by atoms with E-state index in [0.29, 0.717) is 0 Å². The zero-order chi connectivity index (χ0) is 42.7. The molecule has 14 nitrogen and oxygen atoms in total. The minimum atomic E-state index is -1.75. The van der Waals surface area contributed by atoms with Crippen LogP contribution >= 0.6 is 0 Å². The van der Waals surface area contributed by atoms with Crippen molar-refractivity contribution in [3.05, 3.63) is 71.8 Å². The van der Waals surface area contributed by atoms with Crippen LogP contribution < -0.4 is 27.0 Å². The monoisotopic (exact) mass is 793 g/mol. The number of carbonyl (C=O) groups excluding carboxylic acids is 7. The van der Waals surface area contributed by atoms with Crippen molar-refractivity contribution in [2.75, 3.05) is 0 Å². The molecule has 0 bridgehead atoms. The van der Waals surface area contributed by atoms with Crippen molar-refractivity contribution >= 4 is 41.4 Å². The van der Waals surface area contributed by atoms with Gasteiger partial charge >= 0.3 is 12.2 Å². The van der Waals surface area contributed by atoms with Gasteiger partial charge in [0, 0.05) is 0 Å². The van der Waals surface area contributed by atoms with Crippen LogP contribution in [0.5, 0.6) is 0 Å². The van der Waals surface area contributed by atoms with Gasteiger partial charge in [0.2, 0.25) is 11.8 Å². The number of nitrogens with one attached hydrogen (secondary N) is 4. The number of Topliss-reactive ketones (excluding diaryl/α,β-unsaturated/α-hetero) is 3. The minimum Gasteiger partial charge on any atom is -0.445 e. The largest absolute Gasteiger partial charge is 0.445 e. The fraction of sp³-hybridized carbons (Fsp3) is 0.558. The zero-order valence-corrected chi connectivity index (χ0v) is 34.7. The first-order chi connectivity index (χ1) is 26.9. The summed E-state index contributed by atoms with van der Waals surface area (Å²) in [6.07, 6.45) is -1.57. The standard InChI is InChI=1S/C43H63N5O9/c1-26(2)19-32(45-40(52)34(21-28(5)6)47-42(54)56-24-30-15-11-9-12-16-30)36(49)23-37(50)38(44)39(51)33(20-27(3)4)46-41(53)35(22-29(7)8)48-43(55)57-25-31-17-13-10-14-18-31/h9-18,26-29,32-35,38H,19-25,44H2,1-8H3,(H,45,52)(H,46,53)(H,47,54)(H,48,55)/t32-,33-,34-,35-,38?/m0/s1. The van der Waals surface area contributed by atoms with Gasteiger partial charge in [0.15, 0.2) is 17.3 Å². The molecule has 0 heterocycles. The summed E-state index contributed by atoms with van der Waals surface area (Å²) in [4.78, 5) is 93.2. The van der Waals surface area contributed by atoms with Gasteiger partial charge in [0.05, 0.1) is 18.5 Å². The van der Waals surface area contributed by atoms with Gasteiger partial charge in [-0.15, -0.1) is 0 Å². The number of amides is 4. The highest BCUT2D eigenvalue weighted by atomic mass is 16.6. The van der Waals surface area contributed by atoms with Gasteiger partial charge in [-0.05, 0) is 60.5 Å². The molecule has 0 aliphatic rings. The predicted molar refractivity (Wildman–Crippen MR) is 216 cm³/mol. The first-order valence-corrected chi connectivity index (χ1v) is 19.8. The Hall–Kier alpha value is -5.11. The first-order valence-electron chi connectivity index (χ1n) is 19.8. The first kappa shape index (κ1) is 48.0. The lowest BCUT2D eigenvalue weighted by Gasteiger charge is -2.26. The molecule has 0 aliphatic heterocycles. The van der Waals surface area contributed by atoms with Gasteiger partial charge in [0.1, 0.15) is 31.3 Å². The Labute approximate surface area is 337 Å². The number of rotatable bonds is 24. The highest BCUT2D eigenvalue weighted by molar-refractivity contribution is 6.15. The third-order valence-corrected chi connectivity index (χ3v) is 8.84. The van der Waals surface area contributed by atoms with E-state index in [0.717, 1.165) is 11.1 Å². The molecule has 0 spiro atoms. The number of nitrogens with two attached hydrogens (primary N) is 1. The number of ketones is 3. The normalized spacial score (nSPS) is 13.9. The Morgan fingerprint density at radius 3 is 1.23 bits per heavy atom. The third kappa shape index (κ3) is 18.6. The Morgan fingerprint density at radius 2 is 0.842 bits per heavy atom. The molecule has 57 heavy (non-hydrogen) atoms. The van der Waals surface area contributed by atoms with Crippen molar-refractivity contribution in [1.82, 2.24) is 21.3 Å². The van der Waals surface area contributed by atoms with Crippen molar-refractivity contribution in [2.24, 2.45) is 29.4 Å². The summed E-state index contributed by atoms with van der Waals surface area (Å²) in [6.45, 7) is 14.8. The van der Waals surface area contributed by atoms with E-state index in [1.165, 1.54) is 0 Å². The van der Waals surface area contributed by atoms with Crippen LogP contribution in [-0.2, 0) is 46.7 Å². The van der Waals surface area contributed by atoms with Gasteiger partial charge < -0.3 is 36.5 Å². The van der Waals surface area contributed by atoms with Crippen molar-refractivity contribution in [3.8, 4) is 0 Å². The minimum absolute atomic E-state index is 0.000808. The lowest BCUT2D eigenvalue weighted by Crippen LogP contribution is -2.56. The lowest BCUT2D eigenvalue weighted by atomic mass is 9.90. The number of benzene rings is 2. The number of carbonyl (C=O) groups is 7. The second kappa shape index (κ2) is 24.5. The van der Waals surface area contributed by atoms with Crippen LogP contribution in [0.4, 0.5) is 9.59 Å². The molecule has 4 amide bonds. The van der Waals surface area contributed by atoms with Crippen molar-refractivity contribution in [2.45, 2.75) is 131 Å². The quantitative estimate of drug-likeness (QED) is 0.0882. The zero-order valence-electron chi connectivity index (χ0n) is 34.7. The van der Waals surface area contributed by atoms with Crippen LogP contribution in [0.3, 0.4) is 0 Å². The number of hydrogen-bond acceptors (Lipinski definition) is 10. The second-order valence-corrected chi connectivity index (χ2v) is 16.1. The van der Waals surface area contributed by atoms with Crippen LogP contribution in [-0.4, -0.2) is 71.6 Å². The molecule has 0 radical (unpaired) electrons. The van der Waals surface area contributed by atoms with E-state index in [1.54, 1.807) is 24.3 Å². The van der Waals surface area contributed by atoms with Gasteiger partial charge in [-0.2, -0.15) is 0 Å². The topological polar surface area (TPSA) is 212 Å². The molecule has 5 atom stereocenters. The second-order valence-electron chi connectivity index (χ2n) is 16.1. The van der Waals surface area contributed by atoms with Gasteiger partial charge in [0.25, 0.3) is 0 Å². The summed E-state index contributed by atoms with van der Waals surface area (Å²) in [6, 6.07) is 11.9. The van der Waals surface area contributed by atoms with Gasteiger partial charge in [-0.3, -0.25) is 24.0 Å². The van der Waals surface area contributed by atoms with Gasteiger partial charge in [-0.25, -0.2) is 9.59 Å². The molecule has 0 aromatic heterocycles. The maximum absolute atomic E-state index is 13.7. The summed E-state index contributed by atoms with van der Waals surface area (Å²) in [5, 5.41) is 10.6. The Balaban J connectivity index is 2.13. The third-order valence-electron chi connectivity index (χ3n) is 8.84. The molecule has 0 saturated carbocycles. The maximum Gasteiger partial charge on any atom is 0.408 e. The Morgan fingerprint density at radius 1 is 0.491 bits per heavy atom. The maximum atomic E-state index is 13.7. The number of alkyl carbamates (subject to hydrolysis) is 2. The summed E-state index contributed by atoms with van der Waals surface area (Å²) < 4.78 is 10.6. The Kier molecular flexibility index (Phi) is 20.7. The molecule has 2 aromatic carbocycles. The van der Waals surface area contributed by atoms with E-state index in [1.807, 2.05) is 91.8 Å². The molecule has 0 fully saturated rings. The average Bonchev–Trinajstić information content (AvgIpc) is 3.14. The van der Waals surface area contributed by atoms with Crippen LogP contribution in [0.1, 0.15) is 98.6 Å². The van der Waals surface area contributed by atoms with Crippen molar-refractivity contribution < 1.29 is 43.0 Å². The van der Waals surface area contributed by atoms with Crippen LogP contribution in [0.25, 0.3) is 0 Å². The van der Waals surface area contributed by atoms with Crippen LogP contribution in [0.15, 0.2) is 60.7 Å². The van der Waals surface area contributed by atoms with Crippen LogP contribution in [0, 0.1) is 23.7 Å². The van der Waals surface area contributed by atoms with E-state index >= 15 is 0 Å². The van der Waals surface area contributed by atoms with Gasteiger partial charge in [-0.1, -0.05) is 116 Å². The summed E-state index contributed by atoms with van der Waals surface area (Å²) in [5.74, 6) is -3.81. The molecular formula is C43H63N5O9. The highest BCUT2D eigenvalue weighted by Gasteiger charge is 2.36. The number of hydrogen-bond donors (Lipinski definition) is 5. The number of ether oxygens (including phenoxy) is 2. The fourth-order valence-corrected chi connectivity index (χ4v) is 6.00. The molecule has 6 N–H and O–H groups in total. The average molecular weight is 794 g/mol. The SMILES string of the molecule is CC(C)C[C@H](NC(=O)[C@H](CC(C)C)NC(=O)OCc1ccccc1)C(=O)CC(=O)C(N)C(=O)[C@H](CC(C)C)NC(=O)[C@H](CC(C)C)NC(=O)OCc1ccccc1. The van der Waals surface area contributed by atoms with E-state index in [4.69, 9.17) is 15.2 Å². The van der Waals surface area contributed by atoms with E-state index in [9.17, 15) is 33.6 Å². The molecule has 1 unspecified atom stereocenters. The molecule has 2 aromatic rings. The molecule has 314 valence electrons. The van der Waals surface area contributed by atoms with E-state index in [2.05, 4.69) is 21.3 Å². The summed E-state index contributed by atoms with van der Waals surface area (Å²) in [7, 11) is 0.